The number of carboxylic acid groups (broad SMARTS) is 1. The van der Waals surface area contributed by atoms with Gasteiger partial charge in [0.05, 0.1) is 5.29 Å². The Labute approximate surface area is 75.0 Å². The first-order chi connectivity index (χ1) is 6.16. The molecule has 0 saturated heterocycles. The zero-order valence-corrected chi connectivity index (χ0v) is 7.06. The summed E-state index contributed by atoms with van der Waals surface area (Å²) in [4.78, 5) is 23.4. The Hall–Kier alpha value is -1.66. The molecule has 0 aliphatic carbocycles. The van der Waals surface area contributed by atoms with Crippen LogP contribution < -0.4 is 11.2 Å². The molecule has 74 valence electrons. The number of nitrogens with one attached hydrogen (secondary N) is 1. The molecule has 0 aliphatic rings. The van der Waals surface area contributed by atoms with Gasteiger partial charge in [0, 0.05) is 13.0 Å². The van der Waals surface area contributed by atoms with Gasteiger partial charge in [0.2, 0.25) is 5.96 Å². The minimum Gasteiger partial charge on any atom is -0.481 e. The van der Waals surface area contributed by atoms with Crippen molar-refractivity contribution in [2.24, 2.45) is 16.0 Å². The Morgan fingerprint density at radius 2 is 2.15 bits per heavy atom. The van der Waals surface area contributed by atoms with Crippen molar-refractivity contribution in [3.63, 3.8) is 0 Å². The number of nitroso groups, excluding NO2 is 1. The Morgan fingerprint density at radius 3 is 2.69 bits per heavy atom. The second-order valence-corrected chi connectivity index (χ2v) is 2.32. The van der Waals surface area contributed by atoms with Crippen molar-refractivity contribution in [1.82, 2.24) is 5.43 Å². The van der Waals surface area contributed by atoms with Crippen molar-refractivity contribution >= 4 is 11.9 Å². The predicted molar refractivity (Wildman–Crippen MR) is 46.9 cm³/mol. The van der Waals surface area contributed by atoms with Crippen LogP contribution in [0.4, 0.5) is 0 Å². The highest BCUT2D eigenvalue weighted by Crippen LogP contribution is 1.94. The number of aliphatic imine (C=N–C) groups is 1. The van der Waals surface area contributed by atoms with Crippen molar-refractivity contribution in [1.29, 1.82) is 0 Å². The van der Waals surface area contributed by atoms with Gasteiger partial charge in [0.1, 0.15) is 0 Å². The summed E-state index contributed by atoms with van der Waals surface area (Å²) in [5.41, 5.74) is 7.08. The lowest BCUT2D eigenvalue weighted by Crippen LogP contribution is -2.26. The van der Waals surface area contributed by atoms with Gasteiger partial charge in [-0.05, 0) is 12.8 Å². The minimum atomic E-state index is -0.829. The van der Waals surface area contributed by atoms with Crippen LogP contribution in [0.2, 0.25) is 0 Å². The Bertz CT molecular complexity index is 204. The summed E-state index contributed by atoms with van der Waals surface area (Å²) in [6.45, 7) is 0.391. The molecule has 13 heavy (non-hydrogen) atoms. The highest BCUT2D eigenvalue weighted by Gasteiger charge is 1.95. The van der Waals surface area contributed by atoms with Gasteiger partial charge in [-0.15, -0.1) is 4.91 Å². The van der Waals surface area contributed by atoms with Crippen LogP contribution in [0.5, 0.6) is 0 Å². The fourth-order valence-electron chi connectivity index (χ4n) is 0.670. The maximum absolute atomic E-state index is 10.1. The topological polar surface area (TPSA) is 117 Å². The van der Waals surface area contributed by atoms with Crippen LogP contribution >= 0.6 is 0 Å². The summed E-state index contributed by atoms with van der Waals surface area (Å²) in [5, 5.41) is 10.6. The first-order valence-corrected chi connectivity index (χ1v) is 3.77. The maximum Gasteiger partial charge on any atom is 0.303 e. The number of carbonyl (C=O) groups is 1. The van der Waals surface area contributed by atoms with Gasteiger partial charge in [-0.25, -0.2) is 5.43 Å². The third kappa shape index (κ3) is 8.24. The molecule has 0 heterocycles. The average Bonchev–Trinajstić information content (AvgIpc) is 2.03. The highest BCUT2D eigenvalue weighted by atomic mass is 16.4. The number of hydrogen-bond donors (Lipinski definition) is 3. The van der Waals surface area contributed by atoms with Crippen LogP contribution in [-0.2, 0) is 4.79 Å². The number of hydrogen-bond acceptors (Lipinski definition) is 4. The molecule has 0 radical (unpaired) electrons. The maximum atomic E-state index is 10.1. The highest BCUT2D eigenvalue weighted by molar-refractivity contribution is 5.77. The summed E-state index contributed by atoms with van der Waals surface area (Å²) in [7, 11) is 0. The third-order valence-corrected chi connectivity index (χ3v) is 1.24. The van der Waals surface area contributed by atoms with Crippen molar-refractivity contribution < 1.29 is 9.90 Å². The van der Waals surface area contributed by atoms with E-state index in [0.29, 0.717) is 19.4 Å². The average molecular weight is 188 g/mol. The fraction of sp³-hybridized carbons (Fsp3) is 0.667. The van der Waals surface area contributed by atoms with Crippen LogP contribution in [0, 0.1) is 4.91 Å². The lowest BCUT2D eigenvalue weighted by molar-refractivity contribution is -0.137. The largest absolute Gasteiger partial charge is 0.481 e. The van der Waals surface area contributed by atoms with Crippen molar-refractivity contribution in [2.45, 2.75) is 19.3 Å². The Balaban J connectivity index is 3.38. The number of nitrogens with two attached hydrogens (primary N) is 1. The molecule has 0 saturated carbocycles. The van der Waals surface area contributed by atoms with Crippen LogP contribution in [0.1, 0.15) is 19.3 Å². The van der Waals surface area contributed by atoms with Crippen molar-refractivity contribution in [3.05, 3.63) is 4.91 Å². The third-order valence-electron chi connectivity index (χ3n) is 1.24. The molecule has 0 aliphatic heterocycles. The van der Waals surface area contributed by atoms with Crippen LogP contribution in [0.15, 0.2) is 10.3 Å². The molecular weight excluding hydrogens is 176 g/mol. The SMILES string of the molecule is NC(=NCCCCC(=O)O)NN=O. The number of nitrogens with zero attached hydrogens (tertiary/aromatic N) is 2. The van der Waals surface area contributed by atoms with E-state index < -0.39 is 5.97 Å². The van der Waals surface area contributed by atoms with E-state index in [2.05, 4.69) is 10.3 Å². The summed E-state index contributed by atoms with van der Waals surface area (Å²) in [6.07, 6.45) is 1.28. The lowest BCUT2D eigenvalue weighted by Gasteiger charge is -1.96. The van der Waals surface area contributed by atoms with Crippen molar-refractivity contribution in [3.8, 4) is 0 Å². The molecule has 0 bridgehead atoms. The van der Waals surface area contributed by atoms with E-state index in [-0.39, 0.29) is 12.4 Å². The van der Waals surface area contributed by atoms with E-state index in [1.54, 1.807) is 0 Å². The summed E-state index contributed by atoms with van der Waals surface area (Å²) in [5.74, 6) is -0.880. The number of guanidine groups is 1. The first kappa shape index (κ1) is 11.3. The second-order valence-electron chi connectivity index (χ2n) is 2.32. The predicted octanol–water partition coefficient (Wildman–Crippen LogP) is -0.173. The molecule has 0 amide bonds. The van der Waals surface area contributed by atoms with E-state index in [4.69, 9.17) is 10.8 Å². The monoisotopic (exact) mass is 188 g/mol. The first-order valence-electron chi connectivity index (χ1n) is 3.77. The molecule has 0 aromatic heterocycles. The smallest absolute Gasteiger partial charge is 0.303 e. The fourth-order valence-corrected chi connectivity index (χ4v) is 0.670. The molecule has 0 atom stereocenters. The quantitative estimate of drug-likeness (QED) is 0.176. The molecule has 4 N–H and O–H groups in total. The van der Waals surface area contributed by atoms with Gasteiger partial charge in [-0.1, -0.05) is 0 Å². The van der Waals surface area contributed by atoms with E-state index in [1.165, 1.54) is 0 Å². The molecular formula is C6H12N4O3. The number of rotatable bonds is 6. The van der Waals surface area contributed by atoms with Gasteiger partial charge in [-0.2, -0.15) is 0 Å². The van der Waals surface area contributed by atoms with Crippen LogP contribution in [-0.4, -0.2) is 23.6 Å². The van der Waals surface area contributed by atoms with E-state index in [1.807, 2.05) is 5.43 Å². The number of aliphatic carboxylic acids is 1. The van der Waals surface area contributed by atoms with E-state index in [0.717, 1.165) is 0 Å². The van der Waals surface area contributed by atoms with Crippen LogP contribution in [0.3, 0.4) is 0 Å². The molecule has 0 spiro atoms. The summed E-state index contributed by atoms with van der Waals surface area (Å²) < 4.78 is 0. The molecule has 0 aromatic carbocycles. The number of unbranched alkanes of at least 4 members (excludes halogenated alkanes) is 1. The van der Waals surface area contributed by atoms with Gasteiger partial charge in [0.25, 0.3) is 0 Å². The van der Waals surface area contributed by atoms with E-state index in [9.17, 15) is 9.70 Å². The number of carboxylic acids is 1. The Morgan fingerprint density at radius 1 is 1.46 bits per heavy atom. The molecule has 7 nitrogen and oxygen atoms in total. The Kier molecular flexibility index (Phi) is 6.12. The molecule has 0 rings (SSSR count). The van der Waals surface area contributed by atoms with Gasteiger partial charge >= 0.3 is 5.97 Å². The zero-order valence-electron chi connectivity index (χ0n) is 7.06. The lowest BCUT2D eigenvalue weighted by atomic mass is 10.2. The molecule has 7 heteroatoms. The molecule has 0 aromatic rings. The molecule has 0 unspecified atom stereocenters. The zero-order chi connectivity index (χ0) is 10.1. The summed E-state index contributed by atoms with van der Waals surface area (Å²) >= 11 is 0. The van der Waals surface area contributed by atoms with Crippen LogP contribution in [0.25, 0.3) is 0 Å². The van der Waals surface area contributed by atoms with Gasteiger partial charge in [0.15, 0.2) is 0 Å². The molecule has 0 fully saturated rings. The van der Waals surface area contributed by atoms with Crippen molar-refractivity contribution in [2.75, 3.05) is 6.54 Å². The minimum absolute atomic E-state index is 0.0506. The summed E-state index contributed by atoms with van der Waals surface area (Å²) in [6, 6.07) is 0. The second kappa shape index (κ2) is 7.01. The van der Waals surface area contributed by atoms with E-state index >= 15 is 0 Å². The normalized spacial score (nSPS) is 10.9. The van der Waals surface area contributed by atoms with Gasteiger partial charge < -0.3 is 10.8 Å². The standard InChI is InChI=1S/C6H12N4O3/c7-6(9-10-13)8-4-2-1-3-5(11)12/h1-4H2,(H,11,12)(H3,7,8,9,13). The van der Waals surface area contributed by atoms with Gasteiger partial charge in [-0.3, -0.25) is 9.79 Å².